The number of aromatic amines is 1. The van der Waals surface area contributed by atoms with Crippen molar-refractivity contribution in [2.45, 2.75) is 33.0 Å². The van der Waals surface area contributed by atoms with Crippen molar-refractivity contribution >= 4 is 0 Å². The van der Waals surface area contributed by atoms with Crippen molar-refractivity contribution in [3.63, 3.8) is 0 Å². The van der Waals surface area contributed by atoms with Gasteiger partial charge < -0.3 is 9.73 Å². The van der Waals surface area contributed by atoms with Gasteiger partial charge in [-0.2, -0.15) is 10.2 Å². The second kappa shape index (κ2) is 5.97. The van der Waals surface area contributed by atoms with Crippen molar-refractivity contribution in [3.05, 3.63) is 48.1 Å². The lowest BCUT2D eigenvalue weighted by molar-refractivity contribution is 0.537. The molecule has 0 aliphatic heterocycles. The summed E-state index contributed by atoms with van der Waals surface area (Å²) in [4.78, 5) is 0. The maximum atomic E-state index is 5.33. The largest absolute Gasteiger partial charge is 0.463 e. The monoisotopic (exact) mass is 285 g/mol. The SMILES string of the molecule is CCn1ccc(C(C)NCc2cc(-c3ccco3)n[nH]2)n1. The maximum absolute atomic E-state index is 5.33. The van der Waals surface area contributed by atoms with Gasteiger partial charge >= 0.3 is 0 Å². The summed E-state index contributed by atoms with van der Waals surface area (Å²) in [5.74, 6) is 0.771. The molecule has 3 heterocycles. The fraction of sp³-hybridized carbons (Fsp3) is 0.333. The fourth-order valence-electron chi connectivity index (χ4n) is 2.15. The first-order chi connectivity index (χ1) is 10.3. The maximum Gasteiger partial charge on any atom is 0.154 e. The van der Waals surface area contributed by atoms with Crippen LogP contribution >= 0.6 is 0 Å². The van der Waals surface area contributed by atoms with Crippen LogP contribution in [0.2, 0.25) is 0 Å². The van der Waals surface area contributed by atoms with Gasteiger partial charge in [0.15, 0.2) is 5.76 Å². The molecule has 21 heavy (non-hydrogen) atoms. The third-order valence-electron chi connectivity index (χ3n) is 3.43. The summed E-state index contributed by atoms with van der Waals surface area (Å²) in [5.41, 5.74) is 2.88. The van der Waals surface area contributed by atoms with Gasteiger partial charge in [-0.1, -0.05) is 0 Å². The molecule has 0 saturated heterocycles. The van der Waals surface area contributed by atoms with E-state index in [9.17, 15) is 0 Å². The highest BCUT2D eigenvalue weighted by Crippen LogP contribution is 2.18. The Balaban J connectivity index is 1.60. The molecule has 0 aromatic carbocycles. The van der Waals surface area contributed by atoms with Crippen LogP contribution in [0.1, 0.15) is 31.3 Å². The van der Waals surface area contributed by atoms with Crippen molar-refractivity contribution in [2.75, 3.05) is 0 Å². The molecule has 110 valence electrons. The Morgan fingerprint density at radius 1 is 1.43 bits per heavy atom. The molecule has 3 rings (SSSR count). The average molecular weight is 285 g/mol. The van der Waals surface area contributed by atoms with E-state index in [1.54, 1.807) is 6.26 Å². The second-order valence-corrected chi connectivity index (χ2v) is 4.95. The molecular formula is C15H19N5O. The summed E-state index contributed by atoms with van der Waals surface area (Å²) in [6, 6.07) is 7.97. The summed E-state index contributed by atoms with van der Waals surface area (Å²) < 4.78 is 7.26. The first kappa shape index (κ1) is 13.6. The lowest BCUT2D eigenvalue weighted by atomic mass is 10.2. The van der Waals surface area contributed by atoms with E-state index in [0.29, 0.717) is 6.54 Å². The van der Waals surface area contributed by atoms with E-state index < -0.39 is 0 Å². The fourth-order valence-corrected chi connectivity index (χ4v) is 2.15. The van der Waals surface area contributed by atoms with E-state index in [-0.39, 0.29) is 6.04 Å². The molecule has 6 nitrogen and oxygen atoms in total. The molecule has 2 N–H and O–H groups in total. The molecule has 0 amide bonds. The zero-order valence-electron chi connectivity index (χ0n) is 12.2. The van der Waals surface area contributed by atoms with Crippen LogP contribution < -0.4 is 5.32 Å². The van der Waals surface area contributed by atoms with Crippen LogP contribution in [0.5, 0.6) is 0 Å². The number of furan rings is 1. The van der Waals surface area contributed by atoms with E-state index in [1.807, 2.05) is 35.1 Å². The highest BCUT2D eigenvalue weighted by molar-refractivity contribution is 5.51. The first-order valence-corrected chi connectivity index (χ1v) is 7.11. The third-order valence-corrected chi connectivity index (χ3v) is 3.43. The number of aryl methyl sites for hydroxylation is 1. The van der Waals surface area contributed by atoms with Crippen molar-refractivity contribution in [1.29, 1.82) is 0 Å². The van der Waals surface area contributed by atoms with Crippen molar-refractivity contribution < 1.29 is 4.42 Å². The Morgan fingerprint density at radius 2 is 2.33 bits per heavy atom. The minimum Gasteiger partial charge on any atom is -0.463 e. The average Bonchev–Trinajstić information content (AvgIpc) is 3.24. The molecular weight excluding hydrogens is 266 g/mol. The van der Waals surface area contributed by atoms with Crippen LogP contribution in [0.25, 0.3) is 11.5 Å². The van der Waals surface area contributed by atoms with Crippen LogP contribution in [-0.4, -0.2) is 20.0 Å². The summed E-state index contributed by atoms with van der Waals surface area (Å²) in [5, 5.41) is 15.2. The van der Waals surface area contributed by atoms with Gasteiger partial charge in [-0.15, -0.1) is 0 Å². The summed E-state index contributed by atoms with van der Waals surface area (Å²) in [6.07, 6.45) is 3.65. The number of nitrogens with zero attached hydrogens (tertiary/aromatic N) is 3. The number of H-pyrrole nitrogens is 1. The highest BCUT2D eigenvalue weighted by Gasteiger charge is 2.10. The van der Waals surface area contributed by atoms with Crippen LogP contribution in [0.15, 0.2) is 41.1 Å². The smallest absolute Gasteiger partial charge is 0.154 e. The van der Waals surface area contributed by atoms with Crippen molar-refractivity contribution in [3.8, 4) is 11.5 Å². The minimum absolute atomic E-state index is 0.188. The van der Waals surface area contributed by atoms with Crippen molar-refractivity contribution in [2.24, 2.45) is 0 Å². The lowest BCUT2D eigenvalue weighted by Gasteiger charge is -2.10. The quantitative estimate of drug-likeness (QED) is 0.730. The molecule has 3 aromatic rings. The number of rotatable bonds is 6. The molecule has 1 unspecified atom stereocenters. The summed E-state index contributed by atoms with van der Waals surface area (Å²) >= 11 is 0. The predicted molar refractivity (Wildman–Crippen MR) is 79.4 cm³/mol. The van der Waals surface area contributed by atoms with Gasteiger partial charge in [0, 0.05) is 31.0 Å². The van der Waals surface area contributed by atoms with E-state index in [1.165, 1.54) is 0 Å². The Morgan fingerprint density at radius 3 is 3.05 bits per heavy atom. The minimum atomic E-state index is 0.188. The molecule has 0 aliphatic rings. The van der Waals surface area contributed by atoms with Gasteiger partial charge in [-0.3, -0.25) is 9.78 Å². The predicted octanol–water partition coefficient (Wildman–Crippen LogP) is 2.74. The Labute approximate surface area is 123 Å². The molecule has 0 spiro atoms. The second-order valence-electron chi connectivity index (χ2n) is 4.95. The number of aromatic nitrogens is 4. The number of hydrogen-bond acceptors (Lipinski definition) is 4. The van der Waals surface area contributed by atoms with E-state index in [4.69, 9.17) is 4.42 Å². The van der Waals surface area contributed by atoms with E-state index in [0.717, 1.165) is 29.4 Å². The van der Waals surface area contributed by atoms with Gasteiger partial charge in [0.05, 0.1) is 12.0 Å². The topological polar surface area (TPSA) is 71.7 Å². The summed E-state index contributed by atoms with van der Waals surface area (Å²) in [7, 11) is 0. The lowest BCUT2D eigenvalue weighted by Crippen LogP contribution is -2.19. The van der Waals surface area contributed by atoms with Gasteiger partial charge in [0.25, 0.3) is 0 Å². The van der Waals surface area contributed by atoms with Crippen LogP contribution in [0.3, 0.4) is 0 Å². The van der Waals surface area contributed by atoms with Crippen LogP contribution in [0, 0.1) is 0 Å². The molecule has 6 heteroatoms. The van der Waals surface area contributed by atoms with Gasteiger partial charge in [0.2, 0.25) is 0 Å². The first-order valence-electron chi connectivity index (χ1n) is 7.11. The Bertz CT molecular complexity index is 683. The van der Waals surface area contributed by atoms with Gasteiger partial charge in [0.1, 0.15) is 5.69 Å². The molecule has 1 atom stereocenters. The molecule has 0 fully saturated rings. The number of hydrogen-bond donors (Lipinski definition) is 2. The Kier molecular flexibility index (Phi) is 3.87. The number of nitrogens with one attached hydrogen (secondary N) is 2. The molecule has 3 aromatic heterocycles. The molecule has 0 saturated carbocycles. The van der Waals surface area contributed by atoms with E-state index in [2.05, 4.69) is 34.5 Å². The van der Waals surface area contributed by atoms with Crippen LogP contribution in [0.4, 0.5) is 0 Å². The molecule has 0 bridgehead atoms. The zero-order chi connectivity index (χ0) is 14.7. The normalized spacial score (nSPS) is 12.7. The molecule has 0 aliphatic carbocycles. The zero-order valence-corrected chi connectivity index (χ0v) is 12.2. The third kappa shape index (κ3) is 3.05. The standard InChI is InChI=1S/C15H19N5O/c1-3-20-7-6-13(19-20)11(2)16-10-12-9-14(18-17-12)15-5-4-8-21-15/h4-9,11,16H,3,10H2,1-2H3,(H,17,18). The van der Waals surface area contributed by atoms with Crippen LogP contribution in [-0.2, 0) is 13.1 Å². The molecule has 0 radical (unpaired) electrons. The highest BCUT2D eigenvalue weighted by atomic mass is 16.3. The van der Waals surface area contributed by atoms with Gasteiger partial charge in [-0.25, -0.2) is 0 Å². The van der Waals surface area contributed by atoms with Gasteiger partial charge in [-0.05, 0) is 38.1 Å². The summed E-state index contributed by atoms with van der Waals surface area (Å²) in [6.45, 7) is 5.77. The Hall–Kier alpha value is -2.34. The van der Waals surface area contributed by atoms with E-state index >= 15 is 0 Å². The van der Waals surface area contributed by atoms with Crippen molar-refractivity contribution in [1.82, 2.24) is 25.3 Å².